The van der Waals surface area contributed by atoms with Crippen molar-refractivity contribution in [1.82, 2.24) is 9.97 Å². The maximum atomic E-state index is 4.75. The molecule has 0 spiro atoms. The molecule has 29 heavy (non-hydrogen) atoms. The van der Waals surface area contributed by atoms with E-state index in [-0.39, 0.29) is 17.0 Å². The van der Waals surface area contributed by atoms with E-state index in [0.29, 0.717) is 0 Å². The Morgan fingerprint density at radius 3 is 2.62 bits per heavy atom. The summed E-state index contributed by atoms with van der Waals surface area (Å²) >= 11 is 1.77. The Morgan fingerprint density at radius 1 is 1.10 bits per heavy atom. The molecule has 5 heteroatoms. The standard InChI is InChI=1S/C24H26N4S/c1-5-23(4)22-27(20-13-10-14-29-20)19-15-25-16-26-21(19)28(22)18-12-9-8-11-17(18)24(23,6-2)7-3/h6,8-16,22H,2,5,7H2,1,3-4H3. The van der Waals surface area contributed by atoms with Crippen LogP contribution in [0.4, 0.5) is 22.2 Å². The Morgan fingerprint density at radius 2 is 1.93 bits per heavy atom. The molecule has 0 saturated carbocycles. The number of aromatic nitrogens is 2. The van der Waals surface area contributed by atoms with Gasteiger partial charge >= 0.3 is 0 Å². The predicted octanol–water partition coefficient (Wildman–Crippen LogP) is 6.42. The second-order valence-corrected chi connectivity index (χ2v) is 9.04. The average Bonchev–Trinajstić information content (AvgIpc) is 3.41. The molecule has 0 amide bonds. The van der Waals surface area contributed by atoms with Crippen LogP contribution in [0.25, 0.3) is 0 Å². The largest absolute Gasteiger partial charge is 0.306 e. The van der Waals surface area contributed by atoms with Gasteiger partial charge in [0.15, 0.2) is 5.82 Å². The van der Waals surface area contributed by atoms with E-state index in [0.717, 1.165) is 24.3 Å². The van der Waals surface area contributed by atoms with Crippen molar-refractivity contribution in [2.45, 2.75) is 45.2 Å². The van der Waals surface area contributed by atoms with Crippen molar-refractivity contribution < 1.29 is 0 Å². The van der Waals surface area contributed by atoms with Gasteiger partial charge in [-0.1, -0.05) is 45.0 Å². The monoisotopic (exact) mass is 402 g/mol. The number of thiophene rings is 1. The Hall–Kier alpha value is -2.66. The van der Waals surface area contributed by atoms with Gasteiger partial charge in [-0.25, -0.2) is 9.97 Å². The van der Waals surface area contributed by atoms with Crippen molar-refractivity contribution in [3.63, 3.8) is 0 Å². The molecule has 0 fully saturated rings. The summed E-state index contributed by atoms with van der Waals surface area (Å²) < 4.78 is 0. The molecule has 0 bridgehead atoms. The fourth-order valence-corrected chi connectivity index (χ4v) is 6.44. The number of hydrogen-bond acceptors (Lipinski definition) is 5. The lowest BCUT2D eigenvalue weighted by molar-refractivity contribution is 0.120. The summed E-state index contributed by atoms with van der Waals surface area (Å²) in [5.74, 6) is 0.985. The van der Waals surface area contributed by atoms with Crippen LogP contribution in [0, 0.1) is 5.41 Å². The fourth-order valence-electron chi connectivity index (χ4n) is 5.68. The SMILES string of the molecule is C=CC1(CC)c2ccccc2N2c3ncncc3N(c3cccs3)C2C1(C)CC. The van der Waals surface area contributed by atoms with Crippen molar-refractivity contribution in [1.29, 1.82) is 0 Å². The maximum Gasteiger partial charge on any atom is 0.162 e. The minimum absolute atomic E-state index is 0.0808. The first kappa shape index (κ1) is 18.4. The predicted molar refractivity (Wildman–Crippen MR) is 121 cm³/mol. The van der Waals surface area contributed by atoms with Crippen LogP contribution in [0.15, 0.2) is 67.0 Å². The van der Waals surface area contributed by atoms with Crippen LogP contribution in [0.2, 0.25) is 0 Å². The number of rotatable bonds is 4. The van der Waals surface area contributed by atoms with Crippen LogP contribution in [0.3, 0.4) is 0 Å². The third-order valence-electron chi connectivity index (χ3n) is 7.27. The smallest absolute Gasteiger partial charge is 0.162 e. The number of nitrogens with zero attached hydrogens (tertiary/aromatic N) is 4. The lowest BCUT2D eigenvalue weighted by Crippen LogP contribution is -2.62. The zero-order chi connectivity index (χ0) is 20.2. The third kappa shape index (κ3) is 2.14. The molecule has 1 aromatic carbocycles. The van der Waals surface area contributed by atoms with E-state index in [1.165, 1.54) is 16.3 Å². The first-order chi connectivity index (χ1) is 14.1. The Labute approximate surface area is 176 Å². The van der Waals surface area contributed by atoms with Gasteiger partial charge in [-0.05, 0) is 42.0 Å². The van der Waals surface area contributed by atoms with Crippen LogP contribution in [-0.2, 0) is 5.41 Å². The number of fused-ring (bicyclic) bond motifs is 5. The van der Waals surface area contributed by atoms with Gasteiger partial charge in [0.05, 0.1) is 11.2 Å². The van der Waals surface area contributed by atoms with Crippen LogP contribution in [-0.4, -0.2) is 16.1 Å². The van der Waals surface area contributed by atoms with Crippen LogP contribution in [0.1, 0.15) is 39.2 Å². The van der Waals surface area contributed by atoms with Crippen LogP contribution in [0.5, 0.6) is 0 Å². The summed E-state index contributed by atoms with van der Waals surface area (Å²) in [6.45, 7) is 11.4. The van der Waals surface area contributed by atoms with E-state index in [1.54, 1.807) is 17.7 Å². The summed E-state index contributed by atoms with van der Waals surface area (Å²) in [5, 5.41) is 3.36. The molecule has 148 valence electrons. The molecule has 2 aliphatic rings. The third-order valence-corrected chi connectivity index (χ3v) is 8.13. The molecule has 0 saturated heterocycles. The molecule has 5 rings (SSSR count). The normalized spacial score (nSPS) is 27.3. The number of hydrogen-bond donors (Lipinski definition) is 0. The Bertz CT molecular complexity index is 1060. The van der Waals surface area contributed by atoms with E-state index in [1.807, 2.05) is 6.20 Å². The fraction of sp³-hybridized carbons (Fsp3) is 0.333. The highest BCUT2D eigenvalue weighted by Crippen LogP contribution is 2.64. The zero-order valence-corrected chi connectivity index (χ0v) is 18.0. The van der Waals surface area contributed by atoms with Gasteiger partial charge in [0, 0.05) is 16.5 Å². The molecule has 0 N–H and O–H groups in total. The lowest BCUT2D eigenvalue weighted by Gasteiger charge is -2.58. The highest BCUT2D eigenvalue weighted by Gasteiger charge is 2.61. The average molecular weight is 403 g/mol. The number of para-hydroxylation sites is 1. The molecule has 3 unspecified atom stereocenters. The molecule has 2 aromatic heterocycles. The molecule has 0 radical (unpaired) electrons. The maximum absolute atomic E-state index is 4.75. The van der Waals surface area contributed by atoms with Gasteiger partial charge < -0.3 is 9.80 Å². The molecule has 3 aromatic rings. The number of anilines is 4. The molecule has 3 atom stereocenters. The first-order valence-corrected chi connectivity index (χ1v) is 11.2. The van der Waals surface area contributed by atoms with Crippen molar-refractivity contribution in [3.8, 4) is 0 Å². The van der Waals surface area contributed by atoms with Crippen LogP contribution >= 0.6 is 11.3 Å². The molecular formula is C24H26N4S. The van der Waals surface area contributed by atoms with Crippen molar-refractivity contribution in [3.05, 3.63) is 72.5 Å². The second-order valence-electron chi connectivity index (χ2n) is 8.11. The molecule has 0 aliphatic carbocycles. The van der Waals surface area contributed by atoms with Crippen molar-refractivity contribution in [2.24, 2.45) is 5.41 Å². The summed E-state index contributed by atoms with van der Waals surface area (Å²) in [4.78, 5) is 14.0. The summed E-state index contributed by atoms with van der Waals surface area (Å²) in [5.41, 5.74) is 3.43. The molecular weight excluding hydrogens is 376 g/mol. The van der Waals surface area contributed by atoms with E-state index in [9.17, 15) is 0 Å². The first-order valence-electron chi connectivity index (χ1n) is 10.3. The zero-order valence-electron chi connectivity index (χ0n) is 17.2. The van der Waals surface area contributed by atoms with Gasteiger partial charge in [-0.3, -0.25) is 0 Å². The van der Waals surface area contributed by atoms with E-state index in [4.69, 9.17) is 4.98 Å². The number of allylic oxidation sites excluding steroid dienone is 1. The highest BCUT2D eigenvalue weighted by atomic mass is 32.1. The molecule has 4 heterocycles. The van der Waals surface area contributed by atoms with Crippen molar-refractivity contribution >= 4 is 33.5 Å². The number of benzene rings is 1. The quantitative estimate of drug-likeness (QED) is 0.472. The second kappa shape index (κ2) is 6.42. The van der Waals surface area contributed by atoms with Gasteiger partial charge in [-0.15, -0.1) is 17.9 Å². The van der Waals surface area contributed by atoms with Gasteiger partial charge in [0.2, 0.25) is 0 Å². The minimum atomic E-state index is -0.134. The highest BCUT2D eigenvalue weighted by molar-refractivity contribution is 7.14. The summed E-state index contributed by atoms with van der Waals surface area (Å²) in [6.07, 6.45) is 7.95. The minimum Gasteiger partial charge on any atom is -0.306 e. The molecule has 4 nitrogen and oxygen atoms in total. The molecule has 2 aliphatic heterocycles. The van der Waals surface area contributed by atoms with Gasteiger partial charge in [-0.2, -0.15) is 0 Å². The van der Waals surface area contributed by atoms with Crippen LogP contribution < -0.4 is 9.80 Å². The van der Waals surface area contributed by atoms with Crippen molar-refractivity contribution in [2.75, 3.05) is 9.80 Å². The Kier molecular flexibility index (Phi) is 4.07. The summed E-state index contributed by atoms with van der Waals surface area (Å²) in [6, 6.07) is 13.1. The topological polar surface area (TPSA) is 32.3 Å². The lowest BCUT2D eigenvalue weighted by atomic mass is 9.54. The van der Waals surface area contributed by atoms with E-state index < -0.39 is 0 Å². The van der Waals surface area contributed by atoms with E-state index in [2.05, 4.69) is 90.0 Å². The van der Waals surface area contributed by atoms with E-state index >= 15 is 0 Å². The summed E-state index contributed by atoms with van der Waals surface area (Å²) in [7, 11) is 0. The van der Waals surface area contributed by atoms with Gasteiger partial charge in [0.25, 0.3) is 0 Å². The Balaban J connectivity index is 1.89. The van der Waals surface area contributed by atoms with Gasteiger partial charge in [0.1, 0.15) is 18.2 Å².